The number of imidazole rings is 1. The van der Waals surface area contributed by atoms with Crippen LogP contribution in [0.1, 0.15) is 5.69 Å². The third-order valence-corrected chi connectivity index (χ3v) is 5.49. The number of nitrogens with zero attached hydrogens (tertiary/aromatic N) is 6. The van der Waals surface area contributed by atoms with Crippen molar-refractivity contribution in [2.45, 2.75) is 6.42 Å². The van der Waals surface area contributed by atoms with Gasteiger partial charge >= 0.3 is 0 Å². The van der Waals surface area contributed by atoms with Crippen LogP contribution in [0.25, 0.3) is 16.6 Å². The Morgan fingerprint density at radius 1 is 1.00 bits per heavy atom. The van der Waals surface area contributed by atoms with Crippen molar-refractivity contribution in [1.29, 1.82) is 0 Å². The number of anilines is 2. The van der Waals surface area contributed by atoms with E-state index >= 15 is 0 Å². The summed E-state index contributed by atoms with van der Waals surface area (Å²) in [5, 5.41) is 0.675. The molecule has 0 unspecified atom stereocenters. The van der Waals surface area contributed by atoms with Gasteiger partial charge in [-0.2, -0.15) is 0 Å². The normalized spacial score (nSPS) is 15.4. The van der Waals surface area contributed by atoms with Crippen LogP contribution >= 0.6 is 0 Å². The third-order valence-electron chi connectivity index (χ3n) is 5.49. The standard InChI is InChI=1S/C21H22FN7/c22-17-5-3-4-16-19(17)26-21(23)29-14-15(25-20(16)29)7-9-27-10-12-28(13-11-27)18-6-1-2-8-24-18/h1-6,8,14H,7,9-13H2,(H2,23,26). The molecule has 1 aliphatic rings. The summed E-state index contributed by atoms with van der Waals surface area (Å²) in [6.45, 7) is 4.81. The number of nitrogens with two attached hydrogens (primary N) is 1. The quantitative estimate of drug-likeness (QED) is 0.576. The van der Waals surface area contributed by atoms with E-state index in [0.29, 0.717) is 11.0 Å². The fourth-order valence-electron chi connectivity index (χ4n) is 3.91. The van der Waals surface area contributed by atoms with Gasteiger partial charge in [0.15, 0.2) is 0 Å². The molecule has 29 heavy (non-hydrogen) atoms. The first-order valence-corrected chi connectivity index (χ1v) is 9.79. The Kier molecular flexibility index (Phi) is 4.48. The van der Waals surface area contributed by atoms with Gasteiger partial charge in [0.05, 0.1) is 5.69 Å². The van der Waals surface area contributed by atoms with E-state index in [1.165, 1.54) is 6.07 Å². The first kappa shape index (κ1) is 17.8. The number of rotatable bonds is 4. The summed E-state index contributed by atoms with van der Waals surface area (Å²) in [6, 6.07) is 10.9. The van der Waals surface area contributed by atoms with E-state index in [-0.39, 0.29) is 17.3 Å². The van der Waals surface area contributed by atoms with Crippen molar-refractivity contribution in [3.63, 3.8) is 0 Å². The number of hydrogen-bond donors (Lipinski definition) is 1. The lowest BCUT2D eigenvalue weighted by Gasteiger charge is -2.35. The molecule has 0 saturated carbocycles. The molecule has 1 saturated heterocycles. The second-order valence-electron chi connectivity index (χ2n) is 7.30. The summed E-state index contributed by atoms with van der Waals surface area (Å²) in [5.74, 6) is 0.905. The van der Waals surface area contributed by atoms with E-state index < -0.39 is 0 Å². The number of nitrogen functional groups attached to an aromatic ring is 1. The molecule has 0 radical (unpaired) electrons. The molecule has 0 aliphatic carbocycles. The van der Waals surface area contributed by atoms with E-state index in [9.17, 15) is 4.39 Å². The van der Waals surface area contributed by atoms with Crippen LogP contribution in [0.2, 0.25) is 0 Å². The topological polar surface area (TPSA) is 75.6 Å². The molecule has 1 fully saturated rings. The summed E-state index contributed by atoms with van der Waals surface area (Å²) in [7, 11) is 0. The molecule has 2 N–H and O–H groups in total. The van der Waals surface area contributed by atoms with Crippen molar-refractivity contribution in [1.82, 2.24) is 24.3 Å². The Balaban J connectivity index is 1.29. The average Bonchev–Trinajstić information content (AvgIpc) is 3.20. The van der Waals surface area contributed by atoms with Crippen LogP contribution in [0, 0.1) is 5.82 Å². The van der Waals surface area contributed by atoms with Crippen molar-refractivity contribution in [3.8, 4) is 0 Å². The van der Waals surface area contributed by atoms with E-state index in [4.69, 9.17) is 10.7 Å². The molecular formula is C21H22FN7. The zero-order chi connectivity index (χ0) is 19.8. The lowest BCUT2D eigenvalue weighted by Crippen LogP contribution is -2.47. The SMILES string of the molecule is Nc1nc2c(F)cccc2c2nc(CCN3CCN(c4ccccn4)CC3)cn12. The predicted octanol–water partition coefficient (Wildman–Crippen LogP) is 2.36. The maximum absolute atomic E-state index is 14.1. The van der Waals surface area contributed by atoms with Gasteiger partial charge in [0.1, 0.15) is 22.8 Å². The third kappa shape index (κ3) is 3.36. The largest absolute Gasteiger partial charge is 0.369 e. The lowest BCUT2D eigenvalue weighted by molar-refractivity contribution is 0.260. The van der Waals surface area contributed by atoms with Crippen LogP contribution in [0.4, 0.5) is 16.2 Å². The second kappa shape index (κ2) is 7.29. The predicted molar refractivity (Wildman–Crippen MR) is 111 cm³/mol. The highest BCUT2D eigenvalue weighted by Gasteiger charge is 2.18. The number of hydrogen-bond acceptors (Lipinski definition) is 6. The molecular weight excluding hydrogens is 369 g/mol. The maximum atomic E-state index is 14.1. The number of para-hydroxylation sites is 1. The minimum Gasteiger partial charge on any atom is -0.369 e. The molecule has 7 nitrogen and oxygen atoms in total. The van der Waals surface area contributed by atoms with E-state index in [0.717, 1.165) is 50.7 Å². The van der Waals surface area contributed by atoms with Crippen molar-refractivity contribution < 1.29 is 4.39 Å². The van der Waals surface area contributed by atoms with Crippen LogP contribution in [-0.4, -0.2) is 57.0 Å². The van der Waals surface area contributed by atoms with Crippen LogP contribution in [0.15, 0.2) is 48.8 Å². The fourth-order valence-corrected chi connectivity index (χ4v) is 3.91. The summed E-state index contributed by atoms with van der Waals surface area (Å²) < 4.78 is 15.8. The molecule has 0 spiro atoms. The van der Waals surface area contributed by atoms with Gasteiger partial charge in [-0.3, -0.25) is 9.30 Å². The van der Waals surface area contributed by atoms with Gasteiger partial charge in [-0.05, 0) is 24.3 Å². The summed E-state index contributed by atoms with van der Waals surface area (Å²) in [5.41, 5.74) is 7.89. The summed E-state index contributed by atoms with van der Waals surface area (Å²) in [4.78, 5) is 18.1. The van der Waals surface area contributed by atoms with Crippen LogP contribution in [-0.2, 0) is 6.42 Å². The van der Waals surface area contributed by atoms with E-state index in [1.54, 1.807) is 10.5 Å². The van der Waals surface area contributed by atoms with Crippen molar-refractivity contribution in [2.75, 3.05) is 43.4 Å². The number of benzene rings is 1. The molecule has 4 heterocycles. The molecule has 0 bridgehead atoms. The first-order valence-electron chi connectivity index (χ1n) is 9.79. The lowest BCUT2D eigenvalue weighted by atomic mass is 10.2. The first-order chi connectivity index (χ1) is 14.2. The zero-order valence-electron chi connectivity index (χ0n) is 16.0. The Morgan fingerprint density at radius 2 is 1.86 bits per heavy atom. The molecule has 148 valence electrons. The van der Waals surface area contributed by atoms with Gasteiger partial charge in [0, 0.05) is 56.9 Å². The van der Waals surface area contributed by atoms with Crippen LogP contribution in [0.5, 0.6) is 0 Å². The summed E-state index contributed by atoms with van der Waals surface area (Å²) in [6.07, 6.45) is 4.55. The van der Waals surface area contributed by atoms with E-state index in [2.05, 4.69) is 25.8 Å². The molecule has 1 aliphatic heterocycles. The van der Waals surface area contributed by atoms with Crippen molar-refractivity contribution in [2.24, 2.45) is 0 Å². The van der Waals surface area contributed by atoms with Gasteiger partial charge < -0.3 is 10.6 Å². The molecule has 4 aromatic rings. The van der Waals surface area contributed by atoms with Gasteiger partial charge in [-0.1, -0.05) is 12.1 Å². The monoisotopic (exact) mass is 391 g/mol. The minimum absolute atomic E-state index is 0.250. The number of aromatic nitrogens is 4. The van der Waals surface area contributed by atoms with Crippen molar-refractivity contribution in [3.05, 3.63) is 60.3 Å². The van der Waals surface area contributed by atoms with E-state index in [1.807, 2.05) is 30.6 Å². The highest BCUT2D eigenvalue weighted by molar-refractivity contribution is 5.92. The van der Waals surface area contributed by atoms with Gasteiger partial charge in [-0.15, -0.1) is 0 Å². The second-order valence-corrected chi connectivity index (χ2v) is 7.30. The number of pyridine rings is 1. The Morgan fingerprint density at radius 3 is 2.66 bits per heavy atom. The molecule has 5 rings (SSSR count). The Labute approximate surface area is 167 Å². The van der Waals surface area contributed by atoms with Crippen molar-refractivity contribution >= 4 is 28.3 Å². The molecule has 1 aromatic carbocycles. The molecule has 3 aromatic heterocycles. The van der Waals surface area contributed by atoms with Crippen LogP contribution < -0.4 is 10.6 Å². The number of halogens is 1. The Bertz CT molecular complexity index is 1150. The summed E-state index contributed by atoms with van der Waals surface area (Å²) >= 11 is 0. The zero-order valence-corrected chi connectivity index (χ0v) is 16.0. The fraction of sp³-hybridized carbons (Fsp3) is 0.286. The highest BCUT2D eigenvalue weighted by Crippen LogP contribution is 2.23. The molecule has 8 heteroatoms. The minimum atomic E-state index is -0.382. The van der Waals surface area contributed by atoms with Gasteiger partial charge in [0.2, 0.25) is 5.95 Å². The van der Waals surface area contributed by atoms with Gasteiger partial charge in [-0.25, -0.2) is 19.3 Å². The molecule has 0 amide bonds. The van der Waals surface area contributed by atoms with Crippen LogP contribution in [0.3, 0.4) is 0 Å². The number of piperazine rings is 1. The average molecular weight is 391 g/mol. The number of fused-ring (bicyclic) bond motifs is 3. The Hall–Kier alpha value is -3.26. The maximum Gasteiger partial charge on any atom is 0.206 e. The highest BCUT2D eigenvalue weighted by atomic mass is 19.1. The molecule has 0 atom stereocenters. The smallest absolute Gasteiger partial charge is 0.206 e. The van der Waals surface area contributed by atoms with Gasteiger partial charge in [0.25, 0.3) is 0 Å².